The molecule has 4 nitrogen and oxygen atoms in total. The minimum atomic E-state index is -0.675. The van der Waals surface area contributed by atoms with Crippen LogP contribution in [0, 0.1) is 0 Å². The van der Waals surface area contributed by atoms with Crippen molar-refractivity contribution in [1.82, 2.24) is 9.80 Å². The van der Waals surface area contributed by atoms with Crippen molar-refractivity contribution in [2.24, 2.45) is 5.73 Å². The molecule has 0 aromatic heterocycles. The highest BCUT2D eigenvalue weighted by Crippen LogP contribution is 2.21. The van der Waals surface area contributed by atoms with E-state index < -0.39 is 5.54 Å². The molecule has 0 saturated carbocycles. The summed E-state index contributed by atoms with van der Waals surface area (Å²) >= 11 is 0. The lowest BCUT2D eigenvalue weighted by Gasteiger charge is -2.44. The fraction of sp³-hybridized carbons (Fsp3) is 0.647. The minimum absolute atomic E-state index is 0.0313. The van der Waals surface area contributed by atoms with Gasteiger partial charge in [0.05, 0.1) is 12.1 Å². The number of aliphatic hydroxyl groups excluding tert-OH is 1. The first-order chi connectivity index (χ1) is 9.85. The number of piperazine rings is 1. The van der Waals surface area contributed by atoms with Gasteiger partial charge < -0.3 is 10.8 Å². The van der Waals surface area contributed by atoms with Gasteiger partial charge in [-0.25, -0.2) is 0 Å². The van der Waals surface area contributed by atoms with Gasteiger partial charge in [-0.3, -0.25) is 9.80 Å². The van der Waals surface area contributed by atoms with Crippen LogP contribution in [0.1, 0.15) is 26.3 Å². The number of rotatable bonds is 4. The maximum atomic E-state index is 9.79. The second-order valence-electron chi connectivity index (χ2n) is 7.11. The molecule has 0 amide bonds. The van der Waals surface area contributed by atoms with Crippen molar-refractivity contribution in [1.29, 1.82) is 0 Å². The molecule has 1 saturated heterocycles. The molecule has 2 rings (SSSR count). The van der Waals surface area contributed by atoms with E-state index in [1.54, 1.807) is 0 Å². The molecule has 4 heteroatoms. The molecular weight excluding hydrogens is 262 g/mol. The van der Waals surface area contributed by atoms with Crippen LogP contribution in [0.2, 0.25) is 0 Å². The van der Waals surface area contributed by atoms with Crippen LogP contribution in [0.15, 0.2) is 30.3 Å². The standard InChI is InChI=1S/C17H29N3O/c1-16(2,3)20-11-9-19(10-12-20)13-17(18,14-21)15-7-5-4-6-8-15/h4-8,21H,9-14,18H2,1-3H3. The molecule has 0 aliphatic carbocycles. The van der Waals surface area contributed by atoms with Crippen LogP contribution in [0.5, 0.6) is 0 Å². The molecule has 1 fully saturated rings. The van der Waals surface area contributed by atoms with Crippen LogP contribution in [0.25, 0.3) is 0 Å². The van der Waals surface area contributed by atoms with Crippen molar-refractivity contribution >= 4 is 0 Å². The molecular formula is C17H29N3O. The Morgan fingerprint density at radius 3 is 2.10 bits per heavy atom. The van der Waals surface area contributed by atoms with E-state index in [1.165, 1.54) is 0 Å². The number of hydrogen-bond donors (Lipinski definition) is 2. The molecule has 3 N–H and O–H groups in total. The molecule has 1 aliphatic rings. The predicted octanol–water partition coefficient (Wildman–Crippen LogP) is 1.25. The van der Waals surface area contributed by atoms with Crippen LogP contribution >= 0.6 is 0 Å². The monoisotopic (exact) mass is 291 g/mol. The molecule has 21 heavy (non-hydrogen) atoms. The third kappa shape index (κ3) is 4.04. The van der Waals surface area contributed by atoms with E-state index >= 15 is 0 Å². The second-order valence-corrected chi connectivity index (χ2v) is 7.11. The fourth-order valence-corrected chi connectivity index (χ4v) is 2.98. The van der Waals surface area contributed by atoms with E-state index in [-0.39, 0.29) is 12.1 Å². The highest BCUT2D eigenvalue weighted by atomic mass is 16.3. The van der Waals surface area contributed by atoms with Gasteiger partial charge in [-0.05, 0) is 26.3 Å². The molecule has 1 aromatic rings. The van der Waals surface area contributed by atoms with Crippen molar-refractivity contribution < 1.29 is 5.11 Å². The molecule has 1 unspecified atom stereocenters. The lowest BCUT2D eigenvalue weighted by Crippen LogP contribution is -2.58. The Morgan fingerprint density at radius 1 is 1.05 bits per heavy atom. The summed E-state index contributed by atoms with van der Waals surface area (Å²) in [7, 11) is 0. The van der Waals surface area contributed by atoms with Gasteiger partial charge in [0.15, 0.2) is 0 Å². The van der Waals surface area contributed by atoms with Crippen molar-refractivity contribution in [3.8, 4) is 0 Å². The zero-order chi connectivity index (χ0) is 15.5. The van der Waals surface area contributed by atoms with Crippen molar-refractivity contribution in [2.45, 2.75) is 31.8 Å². The van der Waals surface area contributed by atoms with Gasteiger partial charge in [0.2, 0.25) is 0 Å². The lowest BCUT2D eigenvalue weighted by atomic mass is 9.91. The molecule has 1 heterocycles. The molecule has 0 radical (unpaired) electrons. The smallest absolute Gasteiger partial charge is 0.0772 e. The summed E-state index contributed by atoms with van der Waals surface area (Å²) in [5.41, 5.74) is 7.02. The third-order valence-corrected chi connectivity index (χ3v) is 4.46. The van der Waals surface area contributed by atoms with E-state index in [9.17, 15) is 5.11 Å². The number of aliphatic hydroxyl groups is 1. The lowest BCUT2D eigenvalue weighted by molar-refractivity contribution is 0.0431. The fourth-order valence-electron chi connectivity index (χ4n) is 2.98. The van der Waals surface area contributed by atoms with Gasteiger partial charge in [-0.1, -0.05) is 30.3 Å². The van der Waals surface area contributed by atoms with E-state index in [0.717, 1.165) is 31.7 Å². The molecule has 1 atom stereocenters. The zero-order valence-electron chi connectivity index (χ0n) is 13.5. The molecule has 118 valence electrons. The molecule has 0 bridgehead atoms. The van der Waals surface area contributed by atoms with Crippen LogP contribution < -0.4 is 5.73 Å². The first-order valence-corrected chi connectivity index (χ1v) is 7.78. The summed E-state index contributed by atoms with van der Waals surface area (Å²) in [6.45, 7) is 11.6. The Morgan fingerprint density at radius 2 is 1.62 bits per heavy atom. The van der Waals surface area contributed by atoms with Crippen molar-refractivity contribution in [3.05, 3.63) is 35.9 Å². The molecule has 1 aromatic carbocycles. The topological polar surface area (TPSA) is 52.7 Å². The van der Waals surface area contributed by atoms with E-state index in [1.807, 2.05) is 30.3 Å². The summed E-state index contributed by atoms with van der Waals surface area (Å²) in [6.07, 6.45) is 0. The summed E-state index contributed by atoms with van der Waals surface area (Å²) in [6, 6.07) is 9.93. The Bertz CT molecular complexity index is 435. The number of benzene rings is 1. The maximum Gasteiger partial charge on any atom is 0.0772 e. The normalized spacial score (nSPS) is 21.2. The van der Waals surface area contributed by atoms with E-state index in [0.29, 0.717) is 6.54 Å². The predicted molar refractivity (Wildman–Crippen MR) is 87.2 cm³/mol. The Kier molecular flexibility index (Phi) is 5.04. The number of hydrogen-bond acceptors (Lipinski definition) is 4. The summed E-state index contributed by atoms with van der Waals surface area (Å²) in [5, 5.41) is 9.79. The Balaban J connectivity index is 1.98. The largest absolute Gasteiger partial charge is 0.394 e. The maximum absolute atomic E-state index is 9.79. The quantitative estimate of drug-likeness (QED) is 0.876. The van der Waals surface area contributed by atoms with Gasteiger partial charge in [-0.2, -0.15) is 0 Å². The zero-order valence-corrected chi connectivity index (χ0v) is 13.5. The van der Waals surface area contributed by atoms with E-state index in [2.05, 4.69) is 30.6 Å². The Labute approximate surface area is 128 Å². The van der Waals surface area contributed by atoms with Crippen LogP contribution in [-0.2, 0) is 5.54 Å². The van der Waals surface area contributed by atoms with Gasteiger partial charge in [0, 0.05) is 38.3 Å². The third-order valence-electron chi connectivity index (χ3n) is 4.46. The number of nitrogens with two attached hydrogens (primary N) is 1. The van der Waals surface area contributed by atoms with Gasteiger partial charge in [0.1, 0.15) is 0 Å². The summed E-state index contributed by atoms with van der Waals surface area (Å²) in [4.78, 5) is 4.87. The summed E-state index contributed by atoms with van der Waals surface area (Å²) in [5.74, 6) is 0. The van der Waals surface area contributed by atoms with Crippen molar-refractivity contribution in [2.75, 3.05) is 39.3 Å². The van der Waals surface area contributed by atoms with Gasteiger partial charge >= 0.3 is 0 Å². The summed E-state index contributed by atoms with van der Waals surface area (Å²) < 4.78 is 0. The van der Waals surface area contributed by atoms with Gasteiger partial charge in [-0.15, -0.1) is 0 Å². The molecule has 0 spiro atoms. The first-order valence-electron chi connectivity index (χ1n) is 7.78. The average molecular weight is 291 g/mol. The molecule has 1 aliphatic heterocycles. The van der Waals surface area contributed by atoms with Crippen LogP contribution in [0.4, 0.5) is 0 Å². The van der Waals surface area contributed by atoms with Crippen LogP contribution in [-0.4, -0.2) is 59.8 Å². The Hall–Kier alpha value is -0.940. The van der Waals surface area contributed by atoms with Gasteiger partial charge in [0.25, 0.3) is 0 Å². The first kappa shape index (κ1) is 16.4. The SMILES string of the molecule is CC(C)(C)N1CCN(CC(N)(CO)c2ccccc2)CC1. The second kappa shape index (κ2) is 6.44. The highest BCUT2D eigenvalue weighted by Gasteiger charge is 2.32. The number of nitrogens with zero attached hydrogens (tertiary/aromatic N) is 2. The van der Waals surface area contributed by atoms with E-state index in [4.69, 9.17) is 5.73 Å². The highest BCUT2D eigenvalue weighted by molar-refractivity contribution is 5.24. The van der Waals surface area contributed by atoms with Crippen molar-refractivity contribution in [3.63, 3.8) is 0 Å². The van der Waals surface area contributed by atoms with Crippen LogP contribution in [0.3, 0.4) is 0 Å². The minimum Gasteiger partial charge on any atom is -0.394 e. The average Bonchev–Trinajstić information content (AvgIpc) is 2.47.